The molecule has 0 radical (unpaired) electrons. The zero-order valence-electron chi connectivity index (χ0n) is 14.4. The molecule has 2 aromatic carbocycles. The number of halogens is 1. The first kappa shape index (κ1) is 17.9. The minimum absolute atomic E-state index is 0.162. The molecule has 1 aromatic heterocycles. The summed E-state index contributed by atoms with van der Waals surface area (Å²) in [4.78, 5) is 5.68. The Kier molecular flexibility index (Phi) is 5.74. The van der Waals surface area contributed by atoms with Gasteiger partial charge in [-0.1, -0.05) is 23.7 Å². The van der Waals surface area contributed by atoms with Gasteiger partial charge in [-0.3, -0.25) is 0 Å². The van der Waals surface area contributed by atoms with Crippen molar-refractivity contribution in [2.45, 2.75) is 26.8 Å². The van der Waals surface area contributed by atoms with E-state index in [2.05, 4.69) is 42.0 Å². The molecule has 5 heteroatoms. The minimum atomic E-state index is 0.162. The highest BCUT2D eigenvalue weighted by Gasteiger charge is 2.09. The number of benzene rings is 2. The number of hydrogen-bond acceptors (Lipinski definition) is 3. The molecule has 3 aromatic rings. The number of aliphatic hydroxyl groups excluding tert-OH is 1. The van der Waals surface area contributed by atoms with Gasteiger partial charge in [0.05, 0.1) is 11.4 Å². The number of aromatic nitrogens is 1. The van der Waals surface area contributed by atoms with Gasteiger partial charge < -0.3 is 9.67 Å². The number of aliphatic hydroxyl groups is 1. The van der Waals surface area contributed by atoms with Crippen LogP contribution in [0.5, 0.6) is 0 Å². The van der Waals surface area contributed by atoms with E-state index in [1.165, 1.54) is 16.7 Å². The molecule has 0 fully saturated rings. The average molecular weight is 373 g/mol. The molecule has 0 saturated carbocycles. The van der Waals surface area contributed by atoms with Gasteiger partial charge in [0.15, 0.2) is 4.80 Å². The lowest BCUT2D eigenvalue weighted by Crippen LogP contribution is -2.16. The quantitative estimate of drug-likeness (QED) is 0.664. The van der Waals surface area contributed by atoms with E-state index < -0.39 is 0 Å². The lowest BCUT2D eigenvalue weighted by Gasteiger charge is -2.10. The van der Waals surface area contributed by atoms with Crippen molar-refractivity contribution in [3.05, 3.63) is 68.8 Å². The van der Waals surface area contributed by atoms with Crippen molar-refractivity contribution in [3.63, 3.8) is 0 Å². The van der Waals surface area contributed by atoms with E-state index in [4.69, 9.17) is 16.6 Å². The van der Waals surface area contributed by atoms with Crippen LogP contribution in [0.25, 0.3) is 11.3 Å². The smallest absolute Gasteiger partial charge is 0.190 e. The normalized spacial score (nSPS) is 11.9. The zero-order valence-corrected chi connectivity index (χ0v) is 15.9. The van der Waals surface area contributed by atoms with Crippen molar-refractivity contribution in [1.82, 2.24) is 4.57 Å². The number of rotatable bonds is 5. The Labute approximate surface area is 156 Å². The van der Waals surface area contributed by atoms with Crippen LogP contribution in [0.3, 0.4) is 0 Å². The van der Waals surface area contributed by atoms with Crippen molar-refractivity contribution in [2.75, 3.05) is 6.61 Å². The molecular weight excluding hydrogens is 352 g/mol. The Balaban J connectivity index is 2.09. The van der Waals surface area contributed by atoms with Crippen LogP contribution in [0.4, 0.5) is 5.69 Å². The van der Waals surface area contributed by atoms with E-state index in [0.717, 1.165) is 22.7 Å². The number of aryl methyl sites for hydroxylation is 2. The molecule has 0 bridgehead atoms. The largest absolute Gasteiger partial charge is 0.396 e. The second-order valence-electron chi connectivity index (χ2n) is 6.02. The fourth-order valence-electron chi connectivity index (χ4n) is 2.62. The van der Waals surface area contributed by atoms with Crippen molar-refractivity contribution in [3.8, 4) is 11.3 Å². The molecule has 0 aliphatic heterocycles. The van der Waals surface area contributed by atoms with Crippen LogP contribution in [0.15, 0.2) is 52.8 Å². The SMILES string of the molecule is Cc1ccc(-c2csc(=Nc3ccc(Cl)cc3)n2CCCO)cc1C. The van der Waals surface area contributed by atoms with Crippen molar-refractivity contribution < 1.29 is 5.11 Å². The molecule has 0 atom stereocenters. The molecule has 3 rings (SSSR count). The molecular formula is C20H21ClN2OS. The van der Waals surface area contributed by atoms with E-state index in [1.54, 1.807) is 11.3 Å². The Bertz CT molecular complexity index is 926. The second kappa shape index (κ2) is 8.00. The molecule has 0 aliphatic rings. The van der Waals surface area contributed by atoms with Crippen LogP contribution in [0, 0.1) is 13.8 Å². The van der Waals surface area contributed by atoms with Crippen LogP contribution in [0.1, 0.15) is 17.5 Å². The van der Waals surface area contributed by atoms with Crippen molar-refractivity contribution >= 4 is 28.6 Å². The maximum absolute atomic E-state index is 9.26. The molecule has 3 nitrogen and oxygen atoms in total. The van der Waals surface area contributed by atoms with E-state index in [0.29, 0.717) is 11.4 Å². The molecule has 25 heavy (non-hydrogen) atoms. The average Bonchev–Trinajstić information content (AvgIpc) is 3.00. The highest BCUT2D eigenvalue weighted by Crippen LogP contribution is 2.24. The number of nitrogens with zero attached hydrogens (tertiary/aromatic N) is 2. The predicted octanol–water partition coefficient (Wildman–Crippen LogP) is 5.10. The van der Waals surface area contributed by atoms with Crippen LogP contribution in [0.2, 0.25) is 5.02 Å². The van der Waals surface area contributed by atoms with Gasteiger partial charge >= 0.3 is 0 Å². The molecule has 1 heterocycles. The van der Waals surface area contributed by atoms with Crippen molar-refractivity contribution in [1.29, 1.82) is 0 Å². The highest BCUT2D eigenvalue weighted by atomic mass is 35.5. The summed E-state index contributed by atoms with van der Waals surface area (Å²) in [6.07, 6.45) is 0.697. The summed E-state index contributed by atoms with van der Waals surface area (Å²) >= 11 is 7.57. The highest BCUT2D eigenvalue weighted by molar-refractivity contribution is 7.07. The summed E-state index contributed by atoms with van der Waals surface area (Å²) in [7, 11) is 0. The standard InChI is InChI=1S/C20H21ClN2OS/c1-14-4-5-16(12-15(14)2)19-13-25-20(23(19)10-3-11-24)22-18-8-6-17(21)7-9-18/h4-9,12-13,24H,3,10-11H2,1-2H3. The van der Waals surface area contributed by atoms with Crippen LogP contribution < -0.4 is 4.80 Å². The number of hydrogen-bond donors (Lipinski definition) is 1. The zero-order chi connectivity index (χ0) is 17.8. The summed E-state index contributed by atoms with van der Waals surface area (Å²) in [5, 5.41) is 12.1. The van der Waals surface area contributed by atoms with Crippen LogP contribution >= 0.6 is 22.9 Å². The van der Waals surface area contributed by atoms with Gasteiger partial charge in [0.25, 0.3) is 0 Å². The molecule has 0 aliphatic carbocycles. The molecule has 1 N–H and O–H groups in total. The third-order valence-corrected chi connectivity index (χ3v) is 5.31. The fourth-order valence-corrected chi connectivity index (χ4v) is 3.70. The van der Waals surface area contributed by atoms with Gasteiger partial charge in [-0.15, -0.1) is 11.3 Å². The third kappa shape index (κ3) is 4.21. The summed E-state index contributed by atoms with van der Waals surface area (Å²) in [6.45, 7) is 5.14. The Morgan fingerprint density at radius 2 is 1.84 bits per heavy atom. The third-order valence-electron chi connectivity index (χ3n) is 4.19. The summed E-state index contributed by atoms with van der Waals surface area (Å²) < 4.78 is 2.18. The summed E-state index contributed by atoms with van der Waals surface area (Å²) in [5.41, 5.74) is 5.74. The minimum Gasteiger partial charge on any atom is -0.396 e. The molecule has 130 valence electrons. The van der Waals surface area contributed by atoms with Crippen LogP contribution in [-0.4, -0.2) is 16.3 Å². The van der Waals surface area contributed by atoms with Gasteiger partial charge in [-0.25, -0.2) is 4.99 Å². The first-order valence-corrected chi connectivity index (χ1v) is 9.51. The predicted molar refractivity (Wildman–Crippen MR) is 106 cm³/mol. The Morgan fingerprint density at radius 3 is 2.52 bits per heavy atom. The molecule has 0 spiro atoms. The van der Waals surface area contributed by atoms with E-state index in [1.807, 2.05) is 24.3 Å². The van der Waals surface area contributed by atoms with E-state index in [-0.39, 0.29) is 6.61 Å². The van der Waals surface area contributed by atoms with Crippen LogP contribution in [-0.2, 0) is 6.54 Å². The molecule has 0 unspecified atom stereocenters. The molecule has 0 saturated heterocycles. The lowest BCUT2D eigenvalue weighted by molar-refractivity contribution is 0.279. The monoisotopic (exact) mass is 372 g/mol. The first-order chi connectivity index (χ1) is 12.1. The van der Waals surface area contributed by atoms with Crippen molar-refractivity contribution in [2.24, 2.45) is 4.99 Å². The summed E-state index contributed by atoms with van der Waals surface area (Å²) in [6, 6.07) is 14.0. The molecule has 0 amide bonds. The van der Waals surface area contributed by atoms with Gasteiger partial charge in [0, 0.05) is 23.6 Å². The summed E-state index contributed by atoms with van der Waals surface area (Å²) in [5.74, 6) is 0. The van der Waals surface area contributed by atoms with Gasteiger partial charge in [0.2, 0.25) is 0 Å². The van der Waals surface area contributed by atoms with E-state index in [9.17, 15) is 5.11 Å². The maximum atomic E-state index is 9.26. The fraction of sp³-hybridized carbons (Fsp3) is 0.250. The second-order valence-corrected chi connectivity index (χ2v) is 7.29. The van der Waals surface area contributed by atoms with Gasteiger partial charge in [-0.05, 0) is 67.3 Å². The lowest BCUT2D eigenvalue weighted by atomic mass is 10.0. The van der Waals surface area contributed by atoms with Gasteiger partial charge in [0.1, 0.15) is 0 Å². The maximum Gasteiger partial charge on any atom is 0.190 e. The topological polar surface area (TPSA) is 37.5 Å². The Morgan fingerprint density at radius 1 is 1.08 bits per heavy atom. The van der Waals surface area contributed by atoms with Gasteiger partial charge in [-0.2, -0.15) is 0 Å². The number of thiazole rings is 1. The van der Waals surface area contributed by atoms with E-state index >= 15 is 0 Å². The Hall–Kier alpha value is -1.88. The first-order valence-electron chi connectivity index (χ1n) is 8.25.